The Labute approximate surface area is 572 Å². The summed E-state index contributed by atoms with van der Waals surface area (Å²) in [6.45, 7) is 56.4. The van der Waals surface area contributed by atoms with Crippen molar-refractivity contribution in [2.24, 2.45) is 0 Å². The zero-order valence-corrected chi connectivity index (χ0v) is 61.9. The van der Waals surface area contributed by atoms with Gasteiger partial charge in [-0.15, -0.1) is 0 Å². The van der Waals surface area contributed by atoms with Crippen LogP contribution in [0.5, 0.6) is 0 Å². The lowest BCUT2D eigenvalue weighted by molar-refractivity contribution is 0.568. The topological polar surface area (TPSA) is 19.4 Å². The molecular weight excluding hydrogens is 1150 g/mol. The lowest BCUT2D eigenvalue weighted by atomic mass is 9.33. The van der Waals surface area contributed by atoms with E-state index in [1.54, 1.807) is 0 Å². The number of hydrogen-bond acceptors (Lipinski definition) is 3. The SMILES string of the molecule is CC(C)(C)c1cc(-c2cc(-c3cc(C(C)(C)C)cc(C(C)(C)C)c3)nc(-c3cc4c5c(c3)N(c3cc(C(C)(C)C)cc(C(C)(C)C)c3)c3cc(-c6ccccc6)ccc3B5c3ccc(-c5ccccc5)cc3N4c3cc(C(C)(C)C)cc(C(C)(C)C)c3)c2)cc(C(C)(C)C)c1. The van der Waals surface area contributed by atoms with Crippen LogP contribution in [0, 0.1) is 0 Å². The highest BCUT2D eigenvalue weighted by Crippen LogP contribution is 2.51. The molecule has 2 aliphatic rings. The first kappa shape index (κ1) is 66.8. The molecule has 4 heteroatoms. The molecule has 0 aliphatic carbocycles. The second-order valence-corrected chi connectivity index (χ2v) is 36.1. The lowest BCUT2D eigenvalue weighted by Crippen LogP contribution is -2.61. The van der Waals surface area contributed by atoms with Crippen LogP contribution in [-0.4, -0.2) is 11.7 Å². The quantitative estimate of drug-likeness (QED) is 0.148. The molecule has 0 spiro atoms. The fourth-order valence-electron chi connectivity index (χ4n) is 13.8. The second-order valence-electron chi connectivity index (χ2n) is 36.1. The molecule has 95 heavy (non-hydrogen) atoms. The van der Waals surface area contributed by atoms with E-state index in [0.29, 0.717) is 0 Å². The van der Waals surface area contributed by atoms with Crippen LogP contribution in [-0.2, 0) is 43.3 Å². The van der Waals surface area contributed by atoms with Crippen molar-refractivity contribution in [2.75, 3.05) is 9.80 Å². The molecule has 0 fully saturated rings. The van der Waals surface area contributed by atoms with Crippen LogP contribution in [0.3, 0.4) is 0 Å². The molecule has 0 unspecified atom stereocenters. The number of fused-ring (bicyclic) bond motifs is 4. The summed E-state index contributed by atoms with van der Waals surface area (Å²) >= 11 is 0. The summed E-state index contributed by atoms with van der Waals surface area (Å²) in [5, 5.41) is 0. The zero-order chi connectivity index (χ0) is 68.7. The Morgan fingerprint density at radius 2 is 0.495 bits per heavy atom. The molecular formula is C91H104BN3. The molecule has 3 heterocycles. The third kappa shape index (κ3) is 13.2. The molecule has 0 atom stereocenters. The van der Waals surface area contributed by atoms with Gasteiger partial charge in [-0.3, -0.25) is 0 Å². The Bertz CT molecular complexity index is 4180. The highest BCUT2D eigenvalue weighted by Gasteiger charge is 2.45. The first-order valence-corrected chi connectivity index (χ1v) is 34.9. The highest BCUT2D eigenvalue weighted by atomic mass is 15.2. The van der Waals surface area contributed by atoms with E-state index in [1.165, 1.54) is 100 Å². The van der Waals surface area contributed by atoms with Crippen molar-refractivity contribution in [3.8, 4) is 55.9 Å². The average molecular weight is 1250 g/mol. The van der Waals surface area contributed by atoms with Gasteiger partial charge in [-0.05, 0) is 210 Å². The van der Waals surface area contributed by atoms with Gasteiger partial charge in [0.25, 0.3) is 6.71 Å². The van der Waals surface area contributed by atoms with Crippen molar-refractivity contribution in [3.63, 3.8) is 0 Å². The molecule has 0 amide bonds. The molecule has 0 saturated heterocycles. The van der Waals surface area contributed by atoms with Gasteiger partial charge in [0, 0.05) is 45.3 Å². The molecule has 3 nitrogen and oxygen atoms in total. The van der Waals surface area contributed by atoms with E-state index in [4.69, 9.17) is 4.98 Å². The van der Waals surface area contributed by atoms with Crippen LogP contribution in [0.4, 0.5) is 34.1 Å². The fraction of sp³-hybridized carbons (Fsp3) is 0.352. The van der Waals surface area contributed by atoms with Crippen molar-refractivity contribution in [3.05, 3.63) is 239 Å². The summed E-state index contributed by atoms with van der Waals surface area (Å²) in [4.78, 5) is 11.4. The van der Waals surface area contributed by atoms with Crippen molar-refractivity contribution in [1.82, 2.24) is 4.98 Å². The largest absolute Gasteiger partial charge is 0.311 e. The number of aromatic nitrogens is 1. The zero-order valence-electron chi connectivity index (χ0n) is 61.9. The van der Waals surface area contributed by atoms with Crippen molar-refractivity contribution in [1.29, 1.82) is 0 Å². The standard InChI is InChI=1S/C91H104BN3/c1-84(2,3)65-39-61(40-66(49-65)85(4,5)6)62-43-77(63-41-67(86(7,8)9)50-68(42-63)87(10,11)12)93-78(44-62)64-47-81-83-82(48-64)95(74-55-71(90(19,20)21)52-72(56-74)91(22,23)24)80-46-60(58-33-29-26-30-34-58)36-38-76(80)92(83)75-37-35-59(57-31-27-25-28-32-57)45-79(75)94(81)73-53-69(88(13,14)15)51-70(54-73)89(16,17)18/h25-56H,1-24H3. The van der Waals surface area contributed by atoms with E-state index in [2.05, 4.69) is 370 Å². The molecule has 2 aliphatic heterocycles. The second kappa shape index (κ2) is 23.3. The Morgan fingerprint density at radius 3 is 0.800 bits per heavy atom. The third-order valence-electron chi connectivity index (χ3n) is 20.2. The maximum absolute atomic E-state index is 6.09. The van der Waals surface area contributed by atoms with E-state index in [1.807, 2.05) is 0 Å². The van der Waals surface area contributed by atoms with Gasteiger partial charge in [0.2, 0.25) is 0 Å². The molecule has 1 aromatic heterocycles. The van der Waals surface area contributed by atoms with Gasteiger partial charge in [0.1, 0.15) is 0 Å². The minimum absolute atomic E-state index is 0.0937. The van der Waals surface area contributed by atoms with E-state index in [9.17, 15) is 0 Å². The maximum Gasteiger partial charge on any atom is 0.252 e. The molecule has 10 aromatic rings. The van der Waals surface area contributed by atoms with E-state index in [0.717, 1.165) is 50.8 Å². The van der Waals surface area contributed by atoms with Gasteiger partial charge in [0.15, 0.2) is 0 Å². The number of nitrogens with zero attached hydrogens (tertiary/aromatic N) is 3. The predicted octanol–water partition coefficient (Wildman–Crippen LogP) is 23.9. The van der Waals surface area contributed by atoms with Crippen LogP contribution in [0.1, 0.15) is 211 Å². The minimum atomic E-state index is -0.144. The molecule has 0 bridgehead atoms. The average Bonchev–Trinajstić information content (AvgIpc) is 0.696. The van der Waals surface area contributed by atoms with Gasteiger partial charge in [-0.1, -0.05) is 287 Å². The first-order valence-electron chi connectivity index (χ1n) is 34.9. The minimum Gasteiger partial charge on any atom is -0.311 e. The summed E-state index contributed by atoms with van der Waals surface area (Å²) in [6.07, 6.45) is 0. The van der Waals surface area contributed by atoms with E-state index in [-0.39, 0.29) is 50.0 Å². The third-order valence-corrected chi connectivity index (χ3v) is 20.2. The highest BCUT2D eigenvalue weighted by molar-refractivity contribution is 7.00. The van der Waals surface area contributed by atoms with Crippen molar-refractivity contribution >= 4 is 57.2 Å². The van der Waals surface area contributed by atoms with Gasteiger partial charge >= 0.3 is 0 Å². The van der Waals surface area contributed by atoms with Crippen LogP contribution < -0.4 is 26.2 Å². The molecule has 9 aromatic carbocycles. The van der Waals surface area contributed by atoms with Gasteiger partial charge in [0.05, 0.1) is 11.4 Å². The lowest BCUT2D eigenvalue weighted by Gasteiger charge is -2.45. The van der Waals surface area contributed by atoms with Crippen LogP contribution >= 0.6 is 0 Å². The molecule has 0 N–H and O–H groups in total. The van der Waals surface area contributed by atoms with Gasteiger partial charge < -0.3 is 9.80 Å². The number of anilines is 6. The summed E-state index contributed by atoms with van der Waals surface area (Å²) < 4.78 is 0. The summed E-state index contributed by atoms with van der Waals surface area (Å²) in [7, 11) is 0. The van der Waals surface area contributed by atoms with Crippen LogP contribution in [0.25, 0.3) is 55.9 Å². The van der Waals surface area contributed by atoms with Gasteiger partial charge in [-0.2, -0.15) is 0 Å². The predicted molar refractivity (Wildman–Crippen MR) is 415 cm³/mol. The van der Waals surface area contributed by atoms with Gasteiger partial charge in [-0.25, -0.2) is 4.98 Å². The normalized spacial score (nSPS) is 13.8. The summed E-state index contributed by atoms with van der Waals surface area (Å²) in [5.41, 5.74) is 31.5. The van der Waals surface area contributed by atoms with Crippen molar-refractivity contribution in [2.45, 2.75) is 209 Å². The van der Waals surface area contributed by atoms with E-state index < -0.39 is 0 Å². The number of benzene rings is 9. The Morgan fingerprint density at radius 1 is 0.232 bits per heavy atom. The molecule has 0 saturated carbocycles. The smallest absolute Gasteiger partial charge is 0.252 e. The Kier molecular flexibility index (Phi) is 16.4. The number of rotatable bonds is 7. The Hall–Kier alpha value is -8.21. The van der Waals surface area contributed by atoms with Crippen molar-refractivity contribution < 1.29 is 0 Å². The molecule has 0 radical (unpaired) electrons. The van der Waals surface area contributed by atoms with E-state index >= 15 is 0 Å². The molecule has 12 rings (SSSR count). The number of hydrogen-bond donors (Lipinski definition) is 0. The Balaban J connectivity index is 1.29. The number of pyridine rings is 1. The first-order chi connectivity index (χ1) is 44.1. The van der Waals surface area contributed by atoms with Crippen LogP contribution in [0.15, 0.2) is 194 Å². The van der Waals surface area contributed by atoms with Crippen LogP contribution in [0.2, 0.25) is 0 Å². The maximum atomic E-state index is 6.09. The summed E-state index contributed by atoms with van der Waals surface area (Å²) in [5.74, 6) is 0. The summed E-state index contributed by atoms with van der Waals surface area (Å²) in [6, 6.07) is 76.1. The fourth-order valence-corrected chi connectivity index (χ4v) is 13.8. The molecule has 486 valence electrons. The monoisotopic (exact) mass is 1250 g/mol.